The van der Waals surface area contributed by atoms with Gasteiger partial charge in [0.15, 0.2) is 5.16 Å². The van der Waals surface area contributed by atoms with Crippen LogP contribution in [0.2, 0.25) is 0 Å². The molecule has 3 aromatic carbocycles. The van der Waals surface area contributed by atoms with Crippen molar-refractivity contribution in [3.8, 4) is 5.75 Å². The molecule has 3 N–H and O–H groups in total. The zero-order valence-corrected chi connectivity index (χ0v) is 19.5. The highest BCUT2D eigenvalue weighted by molar-refractivity contribution is 7.99. The summed E-state index contributed by atoms with van der Waals surface area (Å²) in [6.07, 6.45) is 0. The maximum Gasteiger partial charge on any atom is 0.255 e. The molecule has 0 aliphatic heterocycles. The standard InChI is InChI=1S/C25H23N5O3S/c1-26-23-20-5-3-4-6-21(20)29-25(30-23)34-15-22(31)27-17-9-7-16(8-10-17)24(32)28-18-11-13-19(33-2)14-12-18/h3-14H,15H2,1-2H3,(H,27,31)(H,28,32)(H,26,29,30). The van der Waals surface area contributed by atoms with E-state index < -0.39 is 0 Å². The number of rotatable bonds is 8. The Morgan fingerprint density at radius 1 is 0.882 bits per heavy atom. The summed E-state index contributed by atoms with van der Waals surface area (Å²) in [6, 6.07) is 21.5. The summed E-state index contributed by atoms with van der Waals surface area (Å²) in [7, 11) is 3.39. The molecular formula is C25H23N5O3S. The number of aromatic nitrogens is 2. The molecular weight excluding hydrogens is 450 g/mol. The quantitative estimate of drug-likeness (QED) is 0.252. The van der Waals surface area contributed by atoms with E-state index in [4.69, 9.17) is 4.74 Å². The van der Waals surface area contributed by atoms with Gasteiger partial charge in [-0.05, 0) is 60.7 Å². The number of carbonyl (C=O) groups is 2. The number of hydrogen-bond donors (Lipinski definition) is 3. The van der Waals surface area contributed by atoms with E-state index in [2.05, 4.69) is 25.9 Å². The largest absolute Gasteiger partial charge is 0.497 e. The number of hydrogen-bond acceptors (Lipinski definition) is 7. The molecule has 172 valence electrons. The molecule has 0 aliphatic carbocycles. The van der Waals surface area contributed by atoms with Gasteiger partial charge in [-0.25, -0.2) is 9.97 Å². The van der Waals surface area contributed by atoms with E-state index in [9.17, 15) is 9.59 Å². The van der Waals surface area contributed by atoms with Crippen molar-refractivity contribution in [2.75, 3.05) is 35.9 Å². The minimum atomic E-state index is -0.243. The molecule has 4 rings (SSSR count). The summed E-state index contributed by atoms with van der Waals surface area (Å²) < 4.78 is 5.11. The Kier molecular flexibility index (Phi) is 7.24. The van der Waals surface area contributed by atoms with Gasteiger partial charge in [0, 0.05) is 29.4 Å². The molecule has 0 fully saturated rings. The van der Waals surface area contributed by atoms with Crippen LogP contribution in [-0.2, 0) is 4.79 Å². The highest BCUT2D eigenvalue weighted by Crippen LogP contribution is 2.24. The minimum Gasteiger partial charge on any atom is -0.497 e. The predicted octanol–water partition coefficient (Wildman–Crippen LogP) is 4.66. The lowest BCUT2D eigenvalue weighted by Crippen LogP contribution is -2.15. The lowest BCUT2D eigenvalue weighted by Gasteiger charge is -2.09. The van der Waals surface area contributed by atoms with Crippen molar-refractivity contribution in [1.29, 1.82) is 0 Å². The van der Waals surface area contributed by atoms with E-state index in [1.165, 1.54) is 11.8 Å². The van der Waals surface area contributed by atoms with Crippen molar-refractivity contribution in [2.45, 2.75) is 5.16 Å². The van der Waals surface area contributed by atoms with Gasteiger partial charge in [0.25, 0.3) is 5.91 Å². The third-order valence-electron chi connectivity index (χ3n) is 4.93. The second-order valence-corrected chi connectivity index (χ2v) is 8.16. The molecule has 1 heterocycles. The van der Waals surface area contributed by atoms with Crippen molar-refractivity contribution in [3.05, 3.63) is 78.4 Å². The summed E-state index contributed by atoms with van der Waals surface area (Å²) in [4.78, 5) is 33.9. The van der Waals surface area contributed by atoms with E-state index in [0.29, 0.717) is 27.8 Å². The Morgan fingerprint density at radius 3 is 2.26 bits per heavy atom. The summed E-state index contributed by atoms with van der Waals surface area (Å²) in [5.41, 5.74) is 2.56. The first-order chi connectivity index (χ1) is 16.6. The normalized spacial score (nSPS) is 10.5. The van der Waals surface area contributed by atoms with Crippen LogP contribution in [0.3, 0.4) is 0 Å². The molecule has 8 nitrogen and oxygen atoms in total. The number of amides is 2. The lowest BCUT2D eigenvalue weighted by molar-refractivity contribution is -0.113. The Labute approximate surface area is 201 Å². The van der Waals surface area contributed by atoms with Gasteiger partial charge in [-0.2, -0.15) is 0 Å². The molecule has 0 bridgehead atoms. The van der Waals surface area contributed by atoms with Crippen LogP contribution in [-0.4, -0.2) is 41.7 Å². The number of para-hydroxylation sites is 1. The fraction of sp³-hybridized carbons (Fsp3) is 0.120. The first-order valence-electron chi connectivity index (χ1n) is 10.5. The van der Waals surface area contributed by atoms with Crippen LogP contribution in [0.25, 0.3) is 10.9 Å². The van der Waals surface area contributed by atoms with Gasteiger partial charge >= 0.3 is 0 Å². The van der Waals surface area contributed by atoms with Gasteiger partial charge in [0.2, 0.25) is 5.91 Å². The van der Waals surface area contributed by atoms with Crippen molar-refractivity contribution >= 4 is 51.7 Å². The third-order valence-corrected chi connectivity index (χ3v) is 5.78. The molecule has 0 saturated carbocycles. The van der Waals surface area contributed by atoms with Crippen LogP contribution in [0.5, 0.6) is 5.75 Å². The van der Waals surface area contributed by atoms with Crippen molar-refractivity contribution < 1.29 is 14.3 Å². The SMILES string of the molecule is CNc1nc(SCC(=O)Nc2ccc(C(=O)Nc3ccc(OC)cc3)cc2)nc2ccccc12. The van der Waals surface area contributed by atoms with E-state index in [1.54, 1.807) is 62.7 Å². The highest BCUT2D eigenvalue weighted by Gasteiger charge is 2.11. The van der Waals surface area contributed by atoms with Crippen LogP contribution >= 0.6 is 11.8 Å². The monoisotopic (exact) mass is 473 g/mol. The first kappa shape index (κ1) is 23.1. The van der Waals surface area contributed by atoms with Gasteiger partial charge < -0.3 is 20.7 Å². The second-order valence-electron chi connectivity index (χ2n) is 7.22. The van der Waals surface area contributed by atoms with Crippen molar-refractivity contribution in [2.24, 2.45) is 0 Å². The molecule has 0 atom stereocenters. The maximum atomic E-state index is 12.5. The number of nitrogens with one attached hydrogen (secondary N) is 3. The predicted molar refractivity (Wildman–Crippen MR) is 136 cm³/mol. The number of nitrogens with zero attached hydrogens (tertiary/aromatic N) is 2. The second kappa shape index (κ2) is 10.7. The smallest absolute Gasteiger partial charge is 0.255 e. The molecule has 0 spiro atoms. The summed E-state index contributed by atoms with van der Waals surface area (Å²) in [5, 5.41) is 10.2. The van der Waals surface area contributed by atoms with Crippen molar-refractivity contribution in [3.63, 3.8) is 0 Å². The van der Waals surface area contributed by atoms with Crippen LogP contribution in [0.1, 0.15) is 10.4 Å². The molecule has 0 saturated heterocycles. The van der Waals surface area contributed by atoms with Gasteiger partial charge in [-0.1, -0.05) is 23.9 Å². The zero-order chi connectivity index (χ0) is 23.9. The fourth-order valence-corrected chi connectivity index (χ4v) is 3.87. The number of methoxy groups -OCH3 is 1. The molecule has 2 amide bonds. The average molecular weight is 474 g/mol. The Morgan fingerprint density at radius 2 is 1.56 bits per heavy atom. The fourth-order valence-electron chi connectivity index (χ4n) is 3.22. The molecule has 1 aromatic heterocycles. The van der Waals surface area contributed by atoms with Gasteiger partial charge in [-0.15, -0.1) is 0 Å². The topological polar surface area (TPSA) is 105 Å². The van der Waals surface area contributed by atoms with Crippen LogP contribution in [0.15, 0.2) is 78.0 Å². The van der Waals surface area contributed by atoms with Crippen LogP contribution in [0, 0.1) is 0 Å². The van der Waals surface area contributed by atoms with E-state index in [1.807, 2.05) is 24.3 Å². The molecule has 0 radical (unpaired) electrons. The van der Waals surface area contributed by atoms with E-state index >= 15 is 0 Å². The Hall–Kier alpha value is -4.11. The minimum absolute atomic E-state index is 0.154. The third kappa shape index (κ3) is 5.62. The first-order valence-corrected chi connectivity index (χ1v) is 11.5. The number of ether oxygens (including phenoxy) is 1. The number of benzene rings is 3. The van der Waals surface area contributed by atoms with Gasteiger partial charge in [-0.3, -0.25) is 9.59 Å². The lowest BCUT2D eigenvalue weighted by atomic mass is 10.2. The highest BCUT2D eigenvalue weighted by atomic mass is 32.2. The Bertz CT molecular complexity index is 1310. The van der Waals surface area contributed by atoms with Crippen molar-refractivity contribution in [1.82, 2.24) is 9.97 Å². The maximum absolute atomic E-state index is 12.5. The van der Waals surface area contributed by atoms with E-state index in [0.717, 1.165) is 16.7 Å². The summed E-state index contributed by atoms with van der Waals surface area (Å²) in [6.45, 7) is 0. The van der Waals surface area contributed by atoms with Crippen LogP contribution in [0.4, 0.5) is 17.2 Å². The summed E-state index contributed by atoms with van der Waals surface area (Å²) >= 11 is 1.26. The van der Waals surface area contributed by atoms with Crippen LogP contribution < -0.4 is 20.7 Å². The summed E-state index contributed by atoms with van der Waals surface area (Å²) in [5.74, 6) is 1.15. The molecule has 0 aliphatic rings. The van der Waals surface area contributed by atoms with Gasteiger partial charge in [0.1, 0.15) is 11.6 Å². The molecule has 0 unspecified atom stereocenters. The number of anilines is 3. The van der Waals surface area contributed by atoms with Gasteiger partial charge in [0.05, 0.1) is 18.4 Å². The Balaban J connectivity index is 1.33. The zero-order valence-electron chi connectivity index (χ0n) is 18.7. The molecule has 34 heavy (non-hydrogen) atoms. The average Bonchev–Trinajstić information content (AvgIpc) is 2.87. The number of carbonyl (C=O) groups excluding carboxylic acids is 2. The number of fused-ring (bicyclic) bond motifs is 1. The number of thioether (sulfide) groups is 1. The molecule has 9 heteroatoms. The van der Waals surface area contributed by atoms with E-state index in [-0.39, 0.29) is 17.6 Å². The molecule has 4 aromatic rings.